The Morgan fingerprint density at radius 1 is 1.29 bits per heavy atom. The number of amides is 1. The van der Waals surface area contributed by atoms with Crippen molar-refractivity contribution in [3.63, 3.8) is 0 Å². The molecular formula is C19H30N2O3. The standard InChI is InChI=1S/C19H30N2O3/c1-3-4-13-23-18-10-8-9-17(14-18)20-19(22)24-16(2)15-21-11-6-5-7-12-21/h8-10,14,16H,3-7,11-13,15H2,1-2H3,(H,20,22). The molecule has 0 aliphatic carbocycles. The Hall–Kier alpha value is -1.75. The molecule has 1 aliphatic rings. The molecule has 2 rings (SSSR count). The van der Waals surface area contributed by atoms with Gasteiger partial charge in [-0.05, 0) is 51.4 Å². The lowest BCUT2D eigenvalue weighted by Gasteiger charge is -2.28. The van der Waals surface area contributed by atoms with Gasteiger partial charge in [0.15, 0.2) is 0 Å². The molecule has 24 heavy (non-hydrogen) atoms. The van der Waals surface area contributed by atoms with Crippen molar-refractivity contribution in [3.8, 4) is 5.75 Å². The highest BCUT2D eigenvalue weighted by Gasteiger charge is 2.16. The minimum atomic E-state index is -0.412. The second-order valence-corrected chi connectivity index (χ2v) is 6.43. The highest BCUT2D eigenvalue weighted by atomic mass is 16.6. The molecule has 1 saturated heterocycles. The predicted molar refractivity (Wildman–Crippen MR) is 96.7 cm³/mol. The molecule has 134 valence electrons. The Balaban J connectivity index is 1.75. The van der Waals surface area contributed by atoms with Crippen LogP contribution in [0.5, 0.6) is 5.75 Å². The minimum Gasteiger partial charge on any atom is -0.494 e. The van der Waals surface area contributed by atoms with Crippen LogP contribution >= 0.6 is 0 Å². The van der Waals surface area contributed by atoms with E-state index in [1.54, 1.807) is 0 Å². The summed E-state index contributed by atoms with van der Waals surface area (Å²) in [4.78, 5) is 14.4. The quantitative estimate of drug-likeness (QED) is 0.721. The van der Waals surface area contributed by atoms with Crippen molar-refractivity contribution >= 4 is 11.8 Å². The van der Waals surface area contributed by atoms with E-state index in [-0.39, 0.29) is 6.10 Å². The van der Waals surface area contributed by atoms with Gasteiger partial charge in [-0.3, -0.25) is 10.2 Å². The molecule has 1 heterocycles. The number of carbonyl (C=O) groups excluding carboxylic acids is 1. The first-order valence-corrected chi connectivity index (χ1v) is 9.10. The van der Waals surface area contributed by atoms with E-state index in [0.29, 0.717) is 12.3 Å². The number of ether oxygens (including phenoxy) is 2. The first kappa shape index (κ1) is 18.6. The molecule has 5 heteroatoms. The third-order valence-corrected chi connectivity index (χ3v) is 4.12. The maximum Gasteiger partial charge on any atom is 0.411 e. The van der Waals surface area contributed by atoms with Crippen molar-refractivity contribution < 1.29 is 14.3 Å². The van der Waals surface area contributed by atoms with E-state index in [1.165, 1.54) is 19.3 Å². The van der Waals surface area contributed by atoms with Gasteiger partial charge >= 0.3 is 6.09 Å². The molecule has 5 nitrogen and oxygen atoms in total. The summed E-state index contributed by atoms with van der Waals surface area (Å²) in [6.45, 7) is 7.77. The minimum absolute atomic E-state index is 0.118. The summed E-state index contributed by atoms with van der Waals surface area (Å²) in [7, 11) is 0. The van der Waals surface area contributed by atoms with Gasteiger partial charge in [0.05, 0.1) is 6.61 Å². The zero-order valence-corrected chi connectivity index (χ0v) is 14.9. The fourth-order valence-corrected chi connectivity index (χ4v) is 2.87. The Labute approximate surface area is 145 Å². The smallest absolute Gasteiger partial charge is 0.411 e. The maximum atomic E-state index is 12.0. The summed E-state index contributed by atoms with van der Waals surface area (Å²) in [5.41, 5.74) is 0.694. The van der Waals surface area contributed by atoms with Gasteiger partial charge < -0.3 is 9.47 Å². The van der Waals surface area contributed by atoms with E-state index < -0.39 is 6.09 Å². The molecule has 0 bridgehead atoms. The number of benzene rings is 1. The van der Waals surface area contributed by atoms with Crippen LogP contribution in [0.1, 0.15) is 46.0 Å². The first-order chi connectivity index (χ1) is 11.7. The molecule has 1 fully saturated rings. The second-order valence-electron chi connectivity index (χ2n) is 6.43. The van der Waals surface area contributed by atoms with Gasteiger partial charge in [0.2, 0.25) is 0 Å². The number of nitrogens with one attached hydrogen (secondary N) is 1. The largest absolute Gasteiger partial charge is 0.494 e. The van der Waals surface area contributed by atoms with Gasteiger partial charge in [0, 0.05) is 18.3 Å². The van der Waals surface area contributed by atoms with Crippen LogP contribution in [-0.2, 0) is 4.74 Å². The molecule has 1 aliphatic heterocycles. The summed E-state index contributed by atoms with van der Waals surface area (Å²) < 4.78 is 11.1. The molecule has 0 aromatic heterocycles. The number of anilines is 1. The summed E-state index contributed by atoms with van der Waals surface area (Å²) in [6, 6.07) is 7.43. The van der Waals surface area contributed by atoms with E-state index in [4.69, 9.17) is 9.47 Å². The molecule has 1 unspecified atom stereocenters. The molecular weight excluding hydrogens is 304 g/mol. The van der Waals surface area contributed by atoms with Crippen molar-refractivity contribution in [1.29, 1.82) is 0 Å². The van der Waals surface area contributed by atoms with E-state index >= 15 is 0 Å². The summed E-state index contributed by atoms with van der Waals surface area (Å²) in [5.74, 6) is 0.766. The number of hydrogen-bond acceptors (Lipinski definition) is 4. The monoisotopic (exact) mass is 334 g/mol. The summed E-state index contributed by atoms with van der Waals surface area (Å²) in [6.07, 6.45) is 5.38. The molecule has 1 aromatic carbocycles. The van der Waals surface area contributed by atoms with Crippen LogP contribution in [0.4, 0.5) is 10.5 Å². The Bertz CT molecular complexity index is 501. The van der Waals surface area contributed by atoms with Gasteiger partial charge in [-0.15, -0.1) is 0 Å². The van der Waals surface area contributed by atoms with E-state index in [9.17, 15) is 4.79 Å². The Morgan fingerprint density at radius 2 is 2.08 bits per heavy atom. The highest BCUT2D eigenvalue weighted by Crippen LogP contribution is 2.18. The molecule has 1 N–H and O–H groups in total. The van der Waals surface area contributed by atoms with Crippen LogP contribution in [0.2, 0.25) is 0 Å². The molecule has 0 spiro atoms. The number of unbranched alkanes of at least 4 members (excludes halogenated alkanes) is 1. The normalized spacial score (nSPS) is 16.4. The molecule has 1 amide bonds. The SMILES string of the molecule is CCCCOc1cccc(NC(=O)OC(C)CN2CCCCC2)c1. The van der Waals surface area contributed by atoms with Crippen LogP contribution in [0.15, 0.2) is 24.3 Å². The fraction of sp³-hybridized carbons (Fsp3) is 0.632. The van der Waals surface area contributed by atoms with Gasteiger partial charge in [0.25, 0.3) is 0 Å². The van der Waals surface area contributed by atoms with E-state index in [0.717, 1.165) is 38.2 Å². The van der Waals surface area contributed by atoms with Crippen molar-refractivity contribution in [3.05, 3.63) is 24.3 Å². The maximum absolute atomic E-state index is 12.0. The summed E-state index contributed by atoms with van der Waals surface area (Å²) >= 11 is 0. The van der Waals surface area contributed by atoms with Crippen LogP contribution < -0.4 is 10.1 Å². The highest BCUT2D eigenvalue weighted by molar-refractivity contribution is 5.84. The Morgan fingerprint density at radius 3 is 2.83 bits per heavy atom. The number of nitrogens with zero attached hydrogens (tertiary/aromatic N) is 1. The Kier molecular flexibility index (Phi) is 7.89. The fourth-order valence-electron chi connectivity index (χ4n) is 2.87. The topological polar surface area (TPSA) is 50.8 Å². The van der Waals surface area contributed by atoms with Gasteiger partial charge in [0.1, 0.15) is 11.9 Å². The lowest BCUT2D eigenvalue weighted by molar-refractivity contribution is 0.0833. The van der Waals surface area contributed by atoms with Crippen molar-refractivity contribution in [2.75, 3.05) is 31.6 Å². The molecule has 1 atom stereocenters. The third kappa shape index (κ3) is 6.79. The van der Waals surface area contributed by atoms with Gasteiger partial charge in [-0.2, -0.15) is 0 Å². The molecule has 0 saturated carbocycles. The lowest BCUT2D eigenvalue weighted by Crippen LogP contribution is -2.37. The summed E-state index contributed by atoms with van der Waals surface area (Å²) in [5, 5.41) is 2.78. The van der Waals surface area contributed by atoms with E-state index in [1.807, 2.05) is 31.2 Å². The van der Waals surface area contributed by atoms with Crippen molar-refractivity contribution in [2.45, 2.75) is 52.1 Å². The molecule has 0 radical (unpaired) electrons. The number of carbonyl (C=O) groups is 1. The van der Waals surface area contributed by atoms with Crippen LogP contribution in [0.3, 0.4) is 0 Å². The van der Waals surface area contributed by atoms with Gasteiger partial charge in [-0.25, -0.2) is 4.79 Å². The third-order valence-electron chi connectivity index (χ3n) is 4.12. The van der Waals surface area contributed by atoms with Crippen LogP contribution in [0.25, 0.3) is 0 Å². The van der Waals surface area contributed by atoms with Crippen molar-refractivity contribution in [1.82, 2.24) is 4.90 Å². The van der Waals surface area contributed by atoms with Gasteiger partial charge in [-0.1, -0.05) is 25.8 Å². The zero-order chi connectivity index (χ0) is 17.2. The molecule has 1 aromatic rings. The average molecular weight is 334 g/mol. The van der Waals surface area contributed by atoms with Crippen LogP contribution in [0, 0.1) is 0 Å². The predicted octanol–water partition coefficient (Wildman–Crippen LogP) is 4.29. The average Bonchev–Trinajstić information content (AvgIpc) is 2.56. The van der Waals surface area contributed by atoms with Crippen molar-refractivity contribution in [2.24, 2.45) is 0 Å². The second kappa shape index (κ2) is 10.2. The first-order valence-electron chi connectivity index (χ1n) is 9.10. The van der Waals surface area contributed by atoms with E-state index in [2.05, 4.69) is 17.1 Å². The number of rotatable bonds is 8. The lowest BCUT2D eigenvalue weighted by atomic mass is 10.1. The zero-order valence-electron chi connectivity index (χ0n) is 14.9. The number of likely N-dealkylation sites (tertiary alicyclic amines) is 1. The number of piperidine rings is 1. The van der Waals surface area contributed by atoms with Crippen LogP contribution in [-0.4, -0.2) is 43.3 Å². The number of hydrogen-bond donors (Lipinski definition) is 1.